The van der Waals surface area contributed by atoms with Crippen LogP contribution < -0.4 is 15.4 Å². The van der Waals surface area contributed by atoms with E-state index in [0.29, 0.717) is 31.1 Å². The maximum absolute atomic E-state index is 12.5. The number of halogens is 1. The van der Waals surface area contributed by atoms with Crippen LogP contribution in [0.5, 0.6) is 5.75 Å². The van der Waals surface area contributed by atoms with Crippen LogP contribution in [-0.2, 0) is 9.59 Å². The number of amides is 2. The lowest BCUT2D eigenvalue weighted by Gasteiger charge is -2.30. The minimum Gasteiger partial charge on any atom is -0.482 e. The van der Waals surface area contributed by atoms with Gasteiger partial charge in [-0.1, -0.05) is 19.1 Å². The van der Waals surface area contributed by atoms with Crippen LogP contribution in [0, 0.1) is 5.41 Å². The third-order valence-electron chi connectivity index (χ3n) is 4.50. The van der Waals surface area contributed by atoms with Crippen molar-refractivity contribution >= 4 is 29.9 Å². The van der Waals surface area contributed by atoms with E-state index in [1.165, 1.54) is 4.90 Å². The van der Waals surface area contributed by atoms with Gasteiger partial charge in [0.2, 0.25) is 5.91 Å². The number of hydrogen-bond donors (Lipinski definition) is 1. The fourth-order valence-corrected chi connectivity index (χ4v) is 2.97. The van der Waals surface area contributed by atoms with Crippen LogP contribution >= 0.6 is 12.4 Å². The number of nitrogens with two attached hydrogens (primary N) is 1. The highest BCUT2D eigenvalue weighted by molar-refractivity contribution is 6.02. The molecule has 1 unspecified atom stereocenters. The summed E-state index contributed by atoms with van der Waals surface area (Å²) in [6.45, 7) is 4.05. The molecule has 0 saturated carbocycles. The van der Waals surface area contributed by atoms with Gasteiger partial charge in [-0.3, -0.25) is 14.5 Å². The number of nitrogens with zero attached hydrogens (tertiary/aromatic N) is 2. The van der Waals surface area contributed by atoms with Crippen molar-refractivity contribution in [1.82, 2.24) is 4.90 Å². The molecule has 0 radical (unpaired) electrons. The van der Waals surface area contributed by atoms with Crippen LogP contribution in [0.2, 0.25) is 0 Å². The smallest absolute Gasteiger partial charge is 0.265 e. The highest BCUT2D eigenvalue weighted by atomic mass is 35.5. The fraction of sp³-hybridized carbons (Fsp3) is 0.500. The molecule has 0 aromatic heterocycles. The quantitative estimate of drug-likeness (QED) is 0.892. The van der Waals surface area contributed by atoms with Crippen molar-refractivity contribution in [3.8, 4) is 5.75 Å². The number of para-hydroxylation sites is 2. The minimum atomic E-state index is -0.187. The number of anilines is 1. The third kappa shape index (κ3) is 3.43. The van der Waals surface area contributed by atoms with Crippen LogP contribution in [0.4, 0.5) is 5.69 Å². The van der Waals surface area contributed by atoms with Crippen molar-refractivity contribution in [2.45, 2.75) is 13.3 Å². The first kappa shape index (κ1) is 17.6. The van der Waals surface area contributed by atoms with Crippen molar-refractivity contribution in [3.63, 3.8) is 0 Å². The first-order valence-electron chi connectivity index (χ1n) is 7.52. The summed E-state index contributed by atoms with van der Waals surface area (Å²) < 4.78 is 5.39. The van der Waals surface area contributed by atoms with E-state index in [4.69, 9.17) is 10.5 Å². The molecule has 6 nitrogen and oxygen atoms in total. The van der Waals surface area contributed by atoms with Gasteiger partial charge in [-0.25, -0.2) is 0 Å². The van der Waals surface area contributed by atoms with Crippen molar-refractivity contribution < 1.29 is 14.3 Å². The molecule has 2 aliphatic heterocycles. The first-order valence-corrected chi connectivity index (χ1v) is 7.52. The van der Waals surface area contributed by atoms with Crippen LogP contribution in [0.15, 0.2) is 24.3 Å². The predicted molar refractivity (Wildman–Crippen MR) is 89.9 cm³/mol. The molecule has 2 amide bonds. The van der Waals surface area contributed by atoms with Gasteiger partial charge < -0.3 is 15.4 Å². The molecule has 23 heavy (non-hydrogen) atoms. The standard InChI is InChI=1S/C16H21N3O3.ClH/c1-16(10-17)6-7-18(11-16)14(20)8-19-12-4-2-3-5-13(12)22-9-15(19)21;/h2-5H,6-11,17H2,1H3;1H. The average Bonchev–Trinajstić information content (AvgIpc) is 2.93. The van der Waals surface area contributed by atoms with Gasteiger partial charge in [0.1, 0.15) is 12.3 Å². The van der Waals surface area contributed by atoms with Gasteiger partial charge in [0.05, 0.1) is 5.69 Å². The summed E-state index contributed by atoms with van der Waals surface area (Å²) in [7, 11) is 0. The van der Waals surface area contributed by atoms with E-state index >= 15 is 0 Å². The Bertz CT molecular complexity index is 610. The molecule has 1 atom stereocenters. The number of ether oxygens (including phenoxy) is 1. The summed E-state index contributed by atoms with van der Waals surface area (Å²) in [6.07, 6.45) is 0.906. The van der Waals surface area contributed by atoms with Gasteiger partial charge >= 0.3 is 0 Å². The number of carbonyl (C=O) groups is 2. The number of benzene rings is 1. The summed E-state index contributed by atoms with van der Waals surface area (Å²) in [4.78, 5) is 27.9. The van der Waals surface area contributed by atoms with Crippen LogP contribution in [0.25, 0.3) is 0 Å². The molecule has 2 heterocycles. The first-order chi connectivity index (χ1) is 10.5. The van der Waals surface area contributed by atoms with Crippen molar-refractivity contribution in [2.24, 2.45) is 11.1 Å². The molecule has 1 aromatic rings. The van der Waals surface area contributed by atoms with Gasteiger partial charge in [-0.05, 0) is 30.5 Å². The molecule has 2 N–H and O–H groups in total. The van der Waals surface area contributed by atoms with Crippen LogP contribution in [0.3, 0.4) is 0 Å². The summed E-state index contributed by atoms with van der Waals surface area (Å²) in [5.41, 5.74) is 6.43. The number of rotatable bonds is 3. The van der Waals surface area contributed by atoms with Gasteiger partial charge in [0, 0.05) is 13.1 Å². The Balaban J connectivity index is 0.00000192. The van der Waals surface area contributed by atoms with E-state index in [1.54, 1.807) is 17.0 Å². The normalized spacial score (nSPS) is 23.1. The molecular formula is C16H22ClN3O3. The molecule has 0 spiro atoms. The Morgan fingerprint density at radius 3 is 2.83 bits per heavy atom. The van der Waals surface area contributed by atoms with Crippen molar-refractivity contribution in [1.29, 1.82) is 0 Å². The van der Waals surface area contributed by atoms with Crippen molar-refractivity contribution in [3.05, 3.63) is 24.3 Å². The monoisotopic (exact) mass is 339 g/mol. The molecular weight excluding hydrogens is 318 g/mol. The zero-order chi connectivity index (χ0) is 15.7. The molecule has 1 fully saturated rings. The zero-order valence-corrected chi connectivity index (χ0v) is 14.0. The predicted octanol–water partition coefficient (Wildman–Crippen LogP) is 1.03. The highest BCUT2D eigenvalue weighted by Crippen LogP contribution is 2.32. The SMILES string of the molecule is CC1(CN)CCN(C(=O)CN2C(=O)COc3ccccc32)C1.Cl. The Hall–Kier alpha value is -1.79. The largest absolute Gasteiger partial charge is 0.482 e. The molecule has 0 bridgehead atoms. The van der Waals surface area contributed by atoms with Gasteiger partial charge in [0.25, 0.3) is 5.91 Å². The molecule has 126 valence electrons. The Morgan fingerprint density at radius 1 is 1.39 bits per heavy atom. The third-order valence-corrected chi connectivity index (χ3v) is 4.50. The number of fused-ring (bicyclic) bond motifs is 1. The fourth-order valence-electron chi connectivity index (χ4n) is 2.97. The molecule has 1 aromatic carbocycles. The molecule has 3 rings (SSSR count). The van der Waals surface area contributed by atoms with E-state index in [2.05, 4.69) is 6.92 Å². The van der Waals surface area contributed by atoms with E-state index in [9.17, 15) is 9.59 Å². The Morgan fingerprint density at radius 2 is 2.13 bits per heavy atom. The Labute approximate surface area is 142 Å². The zero-order valence-electron chi connectivity index (χ0n) is 13.2. The van der Waals surface area contributed by atoms with E-state index < -0.39 is 0 Å². The second-order valence-corrected chi connectivity index (χ2v) is 6.32. The highest BCUT2D eigenvalue weighted by Gasteiger charge is 2.36. The summed E-state index contributed by atoms with van der Waals surface area (Å²) >= 11 is 0. The number of likely N-dealkylation sites (tertiary alicyclic amines) is 1. The maximum atomic E-state index is 12.5. The van der Waals surface area contributed by atoms with Gasteiger partial charge in [-0.15, -0.1) is 12.4 Å². The summed E-state index contributed by atoms with van der Waals surface area (Å²) in [6, 6.07) is 7.29. The molecule has 0 aliphatic carbocycles. The maximum Gasteiger partial charge on any atom is 0.265 e. The lowest BCUT2D eigenvalue weighted by atomic mass is 9.90. The van der Waals surface area contributed by atoms with E-state index in [1.807, 2.05) is 12.1 Å². The van der Waals surface area contributed by atoms with Gasteiger partial charge in [-0.2, -0.15) is 0 Å². The van der Waals surface area contributed by atoms with E-state index in [0.717, 1.165) is 6.42 Å². The number of hydrogen-bond acceptors (Lipinski definition) is 4. The second-order valence-electron chi connectivity index (χ2n) is 6.32. The number of carbonyl (C=O) groups excluding carboxylic acids is 2. The molecule has 7 heteroatoms. The second kappa shape index (κ2) is 6.76. The van der Waals surface area contributed by atoms with Crippen molar-refractivity contribution in [2.75, 3.05) is 37.7 Å². The lowest BCUT2D eigenvalue weighted by molar-refractivity contribution is -0.131. The summed E-state index contributed by atoms with van der Waals surface area (Å²) in [5.74, 6) is 0.415. The molecule has 2 aliphatic rings. The van der Waals surface area contributed by atoms with Gasteiger partial charge in [0.15, 0.2) is 6.61 Å². The Kier molecular flexibility index (Phi) is 5.16. The minimum absolute atomic E-state index is 0. The van der Waals surface area contributed by atoms with E-state index in [-0.39, 0.29) is 42.8 Å². The van der Waals surface area contributed by atoms with Crippen LogP contribution in [0.1, 0.15) is 13.3 Å². The lowest BCUT2D eigenvalue weighted by Crippen LogP contribution is -2.46. The van der Waals surface area contributed by atoms with Crippen LogP contribution in [-0.4, -0.2) is 49.5 Å². The molecule has 1 saturated heterocycles. The average molecular weight is 340 g/mol. The topological polar surface area (TPSA) is 75.9 Å². The summed E-state index contributed by atoms with van der Waals surface area (Å²) in [5, 5.41) is 0.